The van der Waals surface area contributed by atoms with Gasteiger partial charge in [0.15, 0.2) is 0 Å². The van der Waals surface area contributed by atoms with E-state index < -0.39 is 0 Å². The van der Waals surface area contributed by atoms with Crippen molar-refractivity contribution in [2.45, 2.75) is 25.0 Å². The third-order valence-corrected chi connectivity index (χ3v) is 5.44. The molecule has 2 aromatic carbocycles. The predicted molar refractivity (Wildman–Crippen MR) is 112 cm³/mol. The van der Waals surface area contributed by atoms with E-state index in [1.807, 2.05) is 43.3 Å². The van der Waals surface area contributed by atoms with Crippen LogP contribution in [-0.2, 0) is 4.79 Å². The van der Waals surface area contributed by atoms with Crippen LogP contribution in [0.3, 0.4) is 0 Å². The number of carbonyl (C=O) groups is 1. The zero-order valence-corrected chi connectivity index (χ0v) is 16.5. The van der Waals surface area contributed by atoms with E-state index in [0.29, 0.717) is 11.1 Å². The number of benzene rings is 2. The Labute approximate surface area is 168 Å². The van der Waals surface area contributed by atoms with Crippen LogP contribution in [0.25, 0.3) is 11.5 Å². The topological polar surface area (TPSA) is 71.3 Å². The molecule has 7 heteroatoms. The van der Waals surface area contributed by atoms with E-state index in [0.717, 1.165) is 29.9 Å². The van der Waals surface area contributed by atoms with E-state index in [4.69, 9.17) is 4.42 Å². The van der Waals surface area contributed by atoms with Gasteiger partial charge in [-0.3, -0.25) is 4.79 Å². The summed E-state index contributed by atoms with van der Waals surface area (Å²) in [6.07, 6.45) is 2.49. The number of carbonyl (C=O) groups excluding carboxylic acids is 1. The minimum absolute atomic E-state index is 0.103. The number of amides is 1. The Morgan fingerprint density at radius 3 is 2.68 bits per heavy atom. The third kappa shape index (κ3) is 4.54. The van der Waals surface area contributed by atoms with Crippen molar-refractivity contribution >= 4 is 29.0 Å². The molecule has 0 unspecified atom stereocenters. The minimum atomic E-state index is -0.103. The van der Waals surface area contributed by atoms with Gasteiger partial charge in [-0.2, -0.15) is 0 Å². The standard InChI is InChI=1S/C21H22N4O2S/c1-15-5-4-6-16(13-15)20-23-24-21(27-20)28-14-19(26)22-17-7-9-18(10-8-17)25-11-2-3-12-25/h4-10,13H,2-3,11-12,14H2,1H3,(H,22,26). The predicted octanol–water partition coefficient (Wildman–Crippen LogP) is 4.38. The molecule has 3 aromatic rings. The molecular formula is C21H22N4O2S. The van der Waals surface area contributed by atoms with Crippen molar-refractivity contribution in [1.82, 2.24) is 10.2 Å². The molecule has 1 aromatic heterocycles. The van der Waals surface area contributed by atoms with Gasteiger partial charge in [-0.1, -0.05) is 29.5 Å². The van der Waals surface area contributed by atoms with Gasteiger partial charge in [-0.15, -0.1) is 10.2 Å². The van der Waals surface area contributed by atoms with E-state index in [1.165, 1.54) is 30.3 Å². The first-order chi connectivity index (χ1) is 13.7. The number of thioether (sulfide) groups is 1. The molecule has 1 fully saturated rings. The molecule has 6 nitrogen and oxygen atoms in total. The average molecular weight is 395 g/mol. The van der Waals surface area contributed by atoms with Crippen LogP contribution in [0.4, 0.5) is 11.4 Å². The minimum Gasteiger partial charge on any atom is -0.411 e. The molecule has 28 heavy (non-hydrogen) atoms. The number of nitrogens with zero attached hydrogens (tertiary/aromatic N) is 3. The Morgan fingerprint density at radius 1 is 1.14 bits per heavy atom. The Morgan fingerprint density at radius 2 is 1.93 bits per heavy atom. The maximum Gasteiger partial charge on any atom is 0.277 e. The average Bonchev–Trinajstić information content (AvgIpc) is 3.39. The molecule has 144 valence electrons. The van der Waals surface area contributed by atoms with Crippen LogP contribution in [0.15, 0.2) is 58.2 Å². The fourth-order valence-corrected chi connectivity index (χ4v) is 3.78. The second-order valence-corrected chi connectivity index (χ2v) is 7.75. The highest BCUT2D eigenvalue weighted by Gasteiger charge is 2.13. The third-order valence-electron chi connectivity index (χ3n) is 4.62. The quantitative estimate of drug-likeness (QED) is 0.626. The van der Waals surface area contributed by atoms with Crippen LogP contribution >= 0.6 is 11.8 Å². The van der Waals surface area contributed by atoms with Crippen molar-refractivity contribution in [3.63, 3.8) is 0 Å². The van der Waals surface area contributed by atoms with Crippen LogP contribution in [0.1, 0.15) is 18.4 Å². The number of rotatable bonds is 6. The van der Waals surface area contributed by atoms with Crippen molar-refractivity contribution in [2.24, 2.45) is 0 Å². The highest BCUT2D eigenvalue weighted by Crippen LogP contribution is 2.25. The van der Waals surface area contributed by atoms with E-state index in [9.17, 15) is 4.79 Å². The fourth-order valence-electron chi connectivity index (χ4n) is 3.22. The smallest absolute Gasteiger partial charge is 0.277 e. The monoisotopic (exact) mass is 394 g/mol. The van der Waals surface area contributed by atoms with Crippen molar-refractivity contribution in [3.8, 4) is 11.5 Å². The molecule has 0 aliphatic carbocycles. The zero-order valence-electron chi connectivity index (χ0n) is 15.7. The lowest BCUT2D eigenvalue weighted by Gasteiger charge is -2.17. The summed E-state index contributed by atoms with van der Waals surface area (Å²) in [4.78, 5) is 14.6. The lowest BCUT2D eigenvalue weighted by atomic mass is 10.1. The van der Waals surface area contributed by atoms with Gasteiger partial charge in [0.1, 0.15) is 0 Å². The zero-order chi connectivity index (χ0) is 19.3. The highest BCUT2D eigenvalue weighted by atomic mass is 32.2. The first-order valence-electron chi connectivity index (χ1n) is 9.35. The highest BCUT2D eigenvalue weighted by molar-refractivity contribution is 7.99. The molecular weight excluding hydrogens is 372 g/mol. The number of hydrogen-bond acceptors (Lipinski definition) is 6. The Balaban J connectivity index is 1.30. The summed E-state index contributed by atoms with van der Waals surface area (Å²) in [5, 5.41) is 11.4. The molecule has 2 heterocycles. The van der Waals surface area contributed by atoms with Gasteiger partial charge in [0.05, 0.1) is 5.75 Å². The fraction of sp³-hybridized carbons (Fsp3) is 0.286. The summed E-state index contributed by atoms with van der Waals surface area (Å²) in [7, 11) is 0. The largest absolute Gasteiger partial charge is 0.411 e. The second-order valence-electron chi connectivity index (χ2n) is 6.82. The van der Waals surface area contributed by atoms with Crippen molar-refractivity contribution in [3.05, 3.63) is 54.1 Å². The van der Waals surface area contributed by atoms with E-state index in [1.54, 1.807) is 0 Å². The first kappa shape index (κ1) is 18.6. The van der Waals surface area contributed by atoms with Gasteiger partial charge in [-0.05, 0) is 56.2 Å². The molecule has 1 amide bonds. The number of hydrogen-bond donors (Lipinski definition) is 1. The summed E-state index contributed by atoms with van der Waals surface area (Å²) < 4.78 is 5.65. The van der Waals surface area contributed by atoms with Gasteiger partial charge in [0, 0.05) is 30.0 Å². The number of aryl methyl sites for hydroxylation is 1. The molecule has 0 radical (unpaired) electrons. The lowest BCUT2D eigenvalue weighted by Crippen LogP contribution is -2.18. The maximum atomic E-state index is 12.2. The summed E-state index contributed by atoms with van der Waals surface area (Å²) in [6.45, 7) is 4.23. The van der Waals surface area contributed by atoms with Crippen LogP contribution in [0.5, 0.6) is 0 Å². The summed E-state index contributed by atoms with van der Waals surface area (Å²) in [6, 6.07) is 15.9. The SMILES string of the molecule is Cc1cccc(-c2nnc(SCC(=O)Nc3ccc(N4CCCC4)cc3)o2)c1. The summed E-state index contributed by atoms with van der Waals surface area (Å²) in [5.74, 6) is 0.571. The summed E-state index contributed by atoms with van der Waals surface area (Å²) >= 11 is 1.23. The lowest BCUT2D eigenvalue weighted by molar-refractivity contribution is -0.113. The number of aromatic nitrogens is 2. The Kier molecular flexibility index (Phi) is 5.62. The van der Waals surface area contributed by atoms with E-state index in [-0.39, 0.29) is 11.7 Å². The molecule has 1 saturated heterocycles. The molecule has 0 atom stereocenters. The van der Waals surface area contributed by atoms with E-state index in [2.05, 4.69) is 32.5 Å². The van der Waals surface area contributed by atoms with Gasteiger partial charge in [0.25, 0.3) is 5.22 Å². The van der Waals surface area contributed by atoms with Crippen molar-refractivity contribution in [1.29, 1.82) is 0 Å². The van der Waals surface area contributed by atoms with Gasteiger partial charge in [-0.25, -0.2) is 0 Å². The molecule has 0 spiro atoms. The molecule has 0 bridgehead atoms. The molecule has 1 aliphatic rings. The Bertz CT molecular complexity index is 949. The van der Waals surface area contributed by atoms with Gasteiger partial charge < -0.3 is 14.6 Å². The first-order valence-corrected chi connectivity index (χ1v) is 10.3. The van der Waals surface area contributed by atoms with Gasteiger partial charge in [0.2, 0.25) is 11.8 Å². The number of anilines is 2. The second kappa shape index (κ2) is 8.48. The number of nitrogens with one attached hydrogen (secondary N) is 1. The van der Waals surface area contributed by atoms with Crippen LogP contribution < -0.4 is 10.2 Å². The maximum absolute atomic E-state index is 12.2. The summed E-state index contributed by atoms with van der Waals surface area (Å²) in [5.41, 5.74) is 4.00. The van der Waals surface area contributed by atoms with Crippen molar-refractivity contribution in [2.75, 3.05) is 29.1 Å². The van der Waals surface area contributed by atoms with Gasteiger partial charge >= 0.3 is 0 Å². The van der Waals surface area contributed by atoms with Crippen LogP contribution in [-0.4, -0.2) is 34.9 Å². The Hall–Kier alpha value is -2.80. The normalized spacial score (nSPS) is 13.7. The molecule has 4 rings (SSSR count). The van der Waals surface area contributed by atoms with Crippen LogP contribution in [0.2, 0.25) is 0 Å². The van der Waals surface area contributed by atoms with Crippen molar-refractivity contribution < 1.29 is 9.21 Å². The van der Waals surface area contributed by atoms with E-state index >= 15 is 0 Å². The molecule has 0 saturated carbocycles. The molecule has 1 N–H and O–H groups in total. The van der Waals surface area contributed by atoms with Crippen LogP contribution in [0, 0.1) is 6.92 Å². The molecule has 1 aliphatic heterocycles.